The molecule has 10 atom stereocenters. The predicted molar refractivity (Wildman–Crippen MR) is 116 cm³/mol. The van der Waals surface area contributed by atoms with Gasteiger partial charge in [-0.25, -0.2) is 0 Å². The molecular weight excluding hydrogens is 344 g/mol. The van der Waals surface area contributed by atoms with Gasteiger partial charge >= 0.3 is 0 Å². The van der Waals surface area contributed by atoms with Gasteiger partial charge in [0.05, 0.1) is 12.2 Å². The van der Waals surface area contributed by atoms with Gasteiger partial charge in [0.15, 0.2) is 0 Å². The van der Waals surface area contributed by atoms with Crippen molar-refractivity contribution in [1.82, 2.24) is 0 Å². The Morgan fingerprint density at radius 1 is 0.893 bits per heavy atom. The van der Waals surface area contributed by atoms with Crippen molar-refractivity contribution >= 4 is 0 Å². The molecular formula is C26H46O2. The number of hydrogen-bond donors (Lipinski definition) is 2. The third kappa shape index (κ3) is 3.39. The third-order valence-electron chi connectivity index (χ3n) is 10.8. The first kappa shape index (κ1) is 21.2. The predicted octanol–water partition coefficient (Wildman–Crippen LogP) is 6.19. The zero-order valence-electron chi connectivity index (χ0n) is 19.0. The van der Waals surface area contributed by atoms with Gasteiger partial charge in [0.1, 0.15) is 0 Å². The van der Waals surface area contributed by atoms with Crippen molar-refractivity contribution in [3.63, 3.8) is 0 Å². The van der Waals surface area contributed by atoms with E-state index in [0.717, 1.165) is 61.2 Å². The van der Waals surface area contributed by atoms with E-state index in [0.29, 0.717) is 10.8 Å². The molecule has 4 rings (SSSR count). The summed E-state index contributed by atoms with van der Waals surface area (Å²) in [5.41, 5.74) is 1.04. The molecule has 2 nitrogen and oxygen atoms in total. The van der Waals surface area contributed by atoms with Gasteiger partial charge in [0.25, 0.3) is 0 Å². The fourth-order valence-corrected chi connectivity index (χ4v) is 9.07. The summed E-state index contributed by atoms with van der Waals surface area (Å²) in [6.45, 7) is 9.83. The summed E-state index contributed by atoms with van der Waals surface area (Å²) < 4.78 is 0. The van der Waals surface area contributed by atoms with Crippen LogP contribution in [-0.2, 0) is 0 Å². The molecule has 2 N–H and O–H groups in total. The van der Waals surface area contributed by atoms with Crippen molar-refractivity contribution in [2.24, 2.45) is 46.3 Å². The lowest BCUT2D eigenvalue weighted by Gasteiger charge is -2.61. The van der Waals surface area contributed by atoms with Crippen molar-refractivity contribution < 1.29 is 10.2 Å². The van der Waals surface area contributed by atoms with Crippen molar-refractivity contribution in [2.75, 3.05) is 0 Å². The Bertz CT molecular complexity index is 547. The highest BCUT2D eigenvalue weighted by atomic mass is 16.3. The van der Waals surface area contributed by atoms with Crippen LogP contribution < -0.4 is 0 Å². The van der Waals surface area contributed by atoms with E-state index in [2.05, 4.69) is 27.7 Å². The number of hydrogen-bond acceptors (Lipinski definition) is 2. The molecule has 1 unspecified atom stereocenters. The first-order valence-electron chi connectivity index (χ1n) is 12.7. The molecule has 0 spiro atoms. The maximum atomic E-state index is 10.2. The normalized spacial score (nSPS) is 50.4. The largest absolute Gasteiger partial charge is 0.393 e. The van der Waals surface area contributed by atoms with E-state index in [9.17, 15) is 10.2 Å². The van der Waals surface area contributed by atoms with E-state index in [-0.39, 0.29) is 12.2 Å². The Morgan fingerprint density at radius 3 is 2.36 bits per heavy atom. The van der Waals surface area contributed by atoms with E-state index < -0.39 is 0 Å². The zero-order valence-corrected chi connectivity index (χ0v) is 19.0. The lowest BCUT2D eigenvalue weighted by molar-refractivity contribution is -0.129. The first-order chi connectivity index (χ1) is 13.3. The monoisotopic (exact) mass is 390 g/mol. The van der Waals surface area contributed by atoms with Crippen LogP contribution in [0.1, 0.15) is 105 Å². The van der Waals surface area contributed by atoms with Crippen LogP contribution >= 0.6 is 0 Å². The molecule has 2 heteroatoms. The van der Waals surface area contributed by atoms with Gasteiger partial charge in [-0.05, 0) is 123 Å². The smallest absolute Gasteiger partial charge is 0.0543 e. The highest BCUT2D eigenvalue weighted by Crippen LogP contribution is 2.68. The maximum Gasteiger partial charge on any atom is 0.0543 e. The Balaban J connectivity index is 1.47. The lowest BCUT2D eigenvalue weighted by Crippen LogP contribution is -2.54. The summed E-state index contributed by atoms with van der Waals surface area (Å²) in [5.74, 6) is 5.17. The number of aliphatic hydroxyl groups is 2. The summed E-state index contributed by atoms with van der Waals surface area (Å²) in [7, 11) is 0. The number of fused-ring (bicyclic) bond motifs is 5. The van der Waals surface area contributed by atoms with E-state index in [4.69, 9.17) is 0 Å². The zero-order chi connectivity index (χ0) is 20.1. The summed E-state index contributed by atoms with van der Waals surface area (Å²) >= 11 is 0. The third-order valence-corrected chi connectivity index (χ3v) is 10.8. The second-order valence-electron chi connectivity index (χ2n) is 11.9. The van der Waals surface area contributed by atoms with Crippen LogP contribution in [-0.4, -0.2) is 22.4 Å². The molecule has 0 aromatic carbocycles. The van der Waals surface area contributed by atoms with Crippen LogP contribution in [0.4, 0.5) is 0 Å². The first-order valence-corrected chi connectivity index (χ1v) is 12.7. The Labute approximate surface area is 173 Å². The Kier molecular flexibility index (Phi) is 5.95. The van der Waals surface area contributed by atoms with Crippen LogP contribution in [0.2, 0.25) is 0 Å². The molecule has 0 saturated heterocycles. The number of rotatable bonds is 5. The molecule has 162 valence electrons. The van der Waals surface area contributed by atoms with Gasteiger partial charge in [-0.2, -0.15) is 0 Å². The quantitative estimate of drug-likeness (QED) is 0.587. The standard InChI is InChI=1S/C26H46O2/c1-5-19(27)8-6-17(2)22-10-11-23-21-9-7-18-16-20(28)12-14-25(18,3)24(21)13-15-26(22,23)4/h17-24,27-28H,5-16H2,1-4H3/t17-,18?,19+,20+,21+,22-,23+,24+,25+,26-/m1/s1. The van der Waals surface area contributed by atoms with E-state index in [1.807, 2.05) is 0 Å². The van der Waals surface area contributed by atoms with E-state index in [1.54, 1.807) is 0 Å². The average Bonchev–Trinajstić information content (AvgIpc) is 3.03. The molecule has 0 radical (unpaired) electrons. The van der Waals surface area contributed by atoms with Crippen LogP contribution in [0.25, 0.3) is 0 Å². The van der Waals surface area contributed by atoms with Crippen molar-refractivity contribution in [2.45, 2.75) is 117 Å². The Hall–Kier alpha value is -0.0800. The van der Waals surface area contributed by atoms with Crippen molar-refractivity contribution in [3.05, 3.63) is 0 Å². The molecule has 0 bridgehead atoms. The summed E-state index contributed by atoms with van der Waals surface area (Å²) in [4.78, 5) is 0. The SMILES string of the molecule is CC[C@H](O)CC[C@@H](C)[C@H]1CC[C@H]2[C@@H]3CCC4C[C@@H](O)CC[C@]4(C)[C@H]3CC[C@]12C. The second-order valence-corrected chi connectivity index (χ2v) is 11.9. The fraction of sp³-hybridized carbons (Fsp3) is 1.00. The fourth-order valence-electron chi connectivity index (χ4n) is 9.07. The second kappa shape index (κ2) is 7.88. The number of aliphatic hydroxyl groups excluding tert-OH is 2. The van der Waals surface area contributed by atoms with E-state index >= 15 is 0 Å². The molecule has 0 aliphatic heterocycles. The summed E-state index contributed by atoms with van der Waals surface area (Å²) in [6.07, 6.45) is 14.9. The van der Waals surface area contributed by atoms with Gasteiger partial charge < -0.3 is 10.2 Å². The summed E-state index contributed by atoms with van der Waals surface area (Å²) in [5, 5.41) is 20.3. The topological polar surface area (TPSA) is 40.5 Å². The van der Waals surface area contributed by atoms with Crippen LogP contribution in [0, 0.1) is 46.3 Å². The molecule has 0 amide bonds. The van der Waals surface area contributed by atoms with Crippen molar-refractivity contribution in [1.29, 1.82) is 0 Å². The van der Waals surface area contributed by atoms with Crippen LogP contribution in [0.5, 0.6) is 0 Å². The molecule has 4 fully saturated rings. The molecule has 4 aliphatic rings. The van der Waals surface area contributed by atoms with Gasteiger partial charge in [-0.3, -0.25) is 0 Å². The minimum Gasteiger partial charge on any atom is -0.393 e. The highest BCUT2D eigenvalue weighted by Gasteiger charge is 2.60. The van der Waals surface area contributed by atoms with Gasteiger partial charge in [-0.15, -0.1) is 0 Å². The van der Waals surface area contributed by atoms with Gasteiger partial charge in [0.2, 0.25) is 0 Å². The lowest BCUT2D eigenvalue weighted by atomic mass is 9.44. The minimum absolute atomic E-state index is 0.0290. The minimum atomic E-state index is -0.0972. The molecule has 0 aromatic heterocycles. The van der Waals surface area contributed by atoms with Gasteiger partial charge in [0, 0.05) is 0 Å². The van der Waals surface area contributed by atoms with E-state index in [1.165, 1.54) is 51.4 Å². The highest BCUT2D eigenvalue weighted by molar-refractivity contribution is 5.09. The van der Waals surface area contributed by atoms with Crippen molar-refractivity contribution in [3.8, 4) is 0 Å². The molecule has 4 saturated carbocycles. The summed E-state index contributed by atoms with van der Waals surface area (Å²) in [6, 6.07) is 0. The van der Waals surface area contributed by atoms with Crippen LogP contribution in [0.3, 0.4) is 0 Å². The molecule has 0 aromatic rings. The van der Waals surface area contributed by atoms with Gasteiger partial charge in [-0.1, -0.05) is 27.7 Å². The average molecular weight is 391 g/mol. The molecule has 0 heterocycles. The Morgan fingerprint density at radius 2 is 1.61 bits per heavy atom. The molecule has 28 heavy (non-hydrogen) atoms. The van der Waals surface area contributed by atoms with Crippen LogP contribution in [0.15, 0.2) is 0 Å². The maximum absolute atomic E-state index is 10.2. The molecule has 4 aliphatic carbocycles.